The highest BCUT2D eigenvalue weighted by Gasteiger charge is 2.50. The molecular weight excluding hydrogens is 194 g/mol. The quantitative estimate of drug-likeness (QED) is 0.643. The molecule has 1 unspecified atom stereocenters. The molecule has 4 bridgehead atoms. The molecule has 0 aromatic carbocycles. The molecule has 0 aromatic rings. The number of nitrogens with zero attached hydrogens (tertiary/aromatic N) is 1. The lowest BCUT2D eigenvalue weighted by molar-refractivity contribution is -0.0455. The molecule has 4 saturated carbocycles. The van der Waals surface area contributed by atoms with Gasteiger partial charge in [-0.25, -0.2) is 0 Å². The van der Waals surface area contributed by atoms with E-state index in [0.29, 0.717) is 5.92 Å². The lowest BCUT2D eigenvalue weighted by Gasteiger charge is -2.55. The summed E-state index contributed by atoms with van der Waals surface area (Å²) in [7, 11) is 0. The molecule has 4 fully saturated rings. The van der Waals surface area contributed by atoms with Crippen molar-refractivity contribution in [2.75, 3.05) is 0 Å². The summed E-state index contributed by atoms with van der Waals surface area (Å²) in [6, 6.07) is 2.54. The minimum absolute atomic E-state index is 0.194. The van der Waals surface area contributed by atoms with E-state index in [1.54, 1.807) is 0 Å². The van der Waals surface area contributed by atoms with Crippen LogP contribution in [-0.4, -0.2) is 0 Å². The van der Waals surface area contributed by atoms with Crippen LogP contribution in [0.2, 0.25) is 0 Å². The van der Waals surface area contributed by atoms with Gasteiger partial charge in [-0.1, -0.05) is 12.2 Å². The molecule has 16 heavy (non-hydrogen) atoms. The van der Waals surface area contributed by atoms with Crippen LogP contribution in [0.5, 0.6) is 0 Å². The fraction of sp³-hybridized carbons (Fsp3) is 0.800. The van der Waals surface area contributed by atoms with Crippen molar-refractivity contribution in [3.63, 3.8) is 0 Å². The van der Waals surface area contributed by atoms with Crippen LogP contribution in [0.15, 0.2) is 12.2 Å². The van der Waals surface area contributed by atoms with Crippen LogP contribution in [0.25, 0.3) is 0 Å². The van der Waals surface area contributed by atoms with E-state index in [2.05, 4.69) is 18.2 Å². The Morgan fingerprint density at radius 3 is 2.06 bits per heavy atom. The van der Waals surface area contributed by atoms with Gasteiger partial charge in [-0.2, -0.15) is 5.26 Å². The predicted molar refractivity (Wildman–Crippen MR) is 64.5 cm³/mol. The van der Waals surface area contributed by atoms with E-state index in [1.165, 1.54) is 32.1 Å². The van der Waals surface area contributed by atoms with Crippen molar-refractivity contribution in [1.82, 2.24) is 0 Å². The fourth-order valence-electron chi connectivity index (χ4n) is 5.02. The average molecular weight is 215 g/mol. The van der Waals surface area contributed by atoms with E-state index < -0.39 is 0 Å². The van der Waals surface area contributed by atoms with Crippen LogP contribution in [0, 0.1) is 46.8 Å². The summed E-state index contributed by atoms with van der Waals surface area (Å²) in [5.41, 5.74) is 0. The van der Waals surface area contributed by atoms with Crippen LogP contribution < -0.4 is 0 Å². The van der Waals surface area contributed by atoms with Crippen molar-refractivity contribution >= 4 is 0 Å². The van der Waals surface area contributed by atoms with E-state index >= 15 is 0 Å². The van der Waals surface area contributed by atoms with Crippen LogP contribution in [0.3, 0.4) is 0 Å². The topological polar surface area (TPSA) is 23.8 Å². The lowest BCUT2D eigenvalue weighted by Crippen LogP contribution is -2.47. The molecule has 0 aliphatic heterocycles. The Balaban J connectivity index is 1.83. The van der Waals surface area contributed by atoms with Crippen molar-refractivity contribution in [3.8, 4) is 6.07 Å². The van der Waals surface area contributed by atoms with Gasteiger partial charge in [0.25, 0.3) is 0 Å². The zero-order valence-corrected chi connectivity index (χ0v) is 10.1. The second-order valence-electron chi connectivity index (χ2n) is 6.19. The zero-order chi connectivity index (χ0) is 11.1. The van der Waals surface area contributed by atoms with Crippen molar-refractivity contribution in [2.45, 2.75) is 39.0 Å². The molecule has 0 saturated heterocycles. The van der Waals surface area contributed by atoms with Gasteiger partial charge in [-0.3, -0.25) is 0 Å². The van der Waals surface area contributed by atoms with E-state index in [1.807, 2.05) is 6.92 Å². The highest BCUT2D eigenvalue weighted by Crippen LogP contribution is 2.58. The standard InChI is InChI=1S/C15H21N/c1-2-3-12(9-16)15-13-5-10-4-11(7-13)8-14(15)6-10/h2-3,10-15H,4-8H2,1H3/b3-2+. The number of rotatable bonds is 2. The molecule has 0 amide bonds. The maximum atomic E-state index is 9.34. The van der Waals surface area contributed by atoms with E-state index in [0.717, 1.165) is 23.7 Å². The highest BCUT2D eigenvalue weighted by molar-refractivity contribution is 5.09. The summed E-state index contributed by atoms with van der Waals surface area (Å²) in [5, 5.41) is 9.34. The minimum Gasteiger partial charge on any atom is -0.198 e. The normalized spacial score (nSPS) is 47.1. The van der Waals surface area contributed by atoms with Gasteiger partial charge in [0.1, 0.15) is 0 Å². The molecule has 0 aromatic heterocycles. The van der Waals surface area contributed by atoms with Crippen molar-refractivity contribution in [3.05, 3.63) is 12.2 Å². The van der Waals surface area contributed by atoms with E-state index in [9.17, 15) is 5.26 Å². The van der Waals surface area contributed by atoms with E-state index in [-0.39, 0.29) is 5.92 Å². The van der Waals surface area contributed by atoms with Gasteiger partial charge < -0.3 is 0 Å². The number of allylic oxidation sites excluding steroid dienone is 2. The van der Waals surface area contributed by atoms with Gasteiger partial charge in [0, 0.05) is 0 Å². The summed E-state index contributed by atoms with van der Waals surface area (Å²) >= 11 is 0. The Hall–Kier alpha value is -0.770. The molecular formula is C15H21N. The van der Waals surface area contributed by atoms with Crippen molar-refractivity contribution in [1.29, 1.82) is 5.26 Å². The van der Waals surface area contributed by atoms with Gasteiger partial charge in [-0.05, 0) is 68.6 Å². The first kappa shape index (κ1) is 10.4. The van der Waals surface area contributed by atoms with E-state index in [4.69, 9.17) is 0 Å². The van der Waals surface area contributed by atoms with Crippen LogP contribution in [0.1, 0.15) is 39.0 Å². The first-order chi connectivity index (χ1) is 7.81. The Labute approximate surface area is 98.5 Å². The highest BCUT2D eigenvalue weighted by atomic mass is 14.5. The third-order valence-corrected chi connectivity index (χ3v) is 5.26. The Morgan fingerprint density at radius 1 is 1.06 bits per heavy atom. The van der Waals surface area contributed by atoms with Gasteiger partial charge in [-0.15, -0.1) is 0 Å². The lowest BCUT2D eigenvalue weighted by atomic mass is 9.50. The molecule has 4 aliphatic rings. The van der Waals surface area contributed by atoms with Crippen LogP contribution >= 0.6 is 0 Å². The minimum atomic E-state index is 0.194. The molecule has 1 nitrogen and oxygen atoms in total. The van der Waals surface area contributed by atoms with Gasteiger partial charge in [0.05, 0.1) is 12.0 Å². The second-order valence-corrected chi connectivity index (χ2v) is 6.19. The van der Waals surface area contributed by atoms with Crippen molar-refractivity contribution in [2.24, 2.45) is 35.5 Å². The third kappa shape index (κ3) is 1.51. The summed E-state index contributed by atoms with van der Waals surface area (Å²) < 4.78 is 0. The number of hydrogen-bond acceptors (Lipinski definition) is 1. The summed E-state index contributed by atoms with van der Waals surface area (Å²) in [6.07, 6.45) is 11.4. The molecule has 0 heterocycles. The summed E-state index contributed by atoms with van der Waals surface area (Å²) in [4.78, 5) is 0. The van der Waals surface area contributed by atoms with Gasteiger partial charge in [0.2, 0.25) is 0 Å². The monoisotopic (exact) mass is 215 g/mol. The molecule has 1 heteroatoms. The van der Waals surface area contributed by atoms with Gasteiger partial charge >= 0.3 is 0 Å². The Kier molecular flexibility index (Phi) is 2.54. The number of hydrogen-bond donors (Lipinski definition) is 0. The Bertz CT molecular complexity index is 308. The molecule has 0 spiro atoms. The Morgan fingerprint density at radius 2 is 1.62 bits per heavy atom. The second kappa shape index (κ2) is 3.91. The zero-order valence-electron chi connectivity index (χ0n) is 10.1. The molecule has 0 N–H and O–H groups in total. The van der Waals surface area contributed by atoms with Crippen LogP contribution in [-0.2, 0) is 0 Å². The predicted octanol–water partition coefficient (Wildman–Crippen LogP) is 3.77. The first-order valence-corrected chi connectivity index (χ1v) is 6.84. The van der Waals surface area contributed by atoms with Crippen LogP contribution in [0.4, 0.5) is 0 Å². The molecule has 1 atom stereocenters. The smallest absolute Gasteiger partial charge is 0.0700 e. The largest absolute Gasteiger partial charge is 0.198 e. The molecule has 86 valence electrons. The van der Waals surface area contributed by atoms with Gasteiger partial charge in [0.15, 0.2) is 0 Å². The number of nitriles is 1. The molecule has 0 radical (unpaired) electrons. The average Bonchev–Trinajstić information content (AvgIpc) is 2.26. The van der Waals surface area contributed by atoms with Crippen molar-refractivity contribution < 1.29 is 0 Å². The third-order valence-electron chi connectivity index (χ3n) is 5.26. The molecule has 4 aliphatic carbocycles. The first-order valence-electron chi connectivity index (χ1n) is 6.84. The summed E-state index contributed by atoms with van der Waals surface area (Å²) in [5.74, 6) is 4.66. The summed E-state index contributed by atoms with van der Waals surface area (Å²) in [6.45, 7) is 2.04. The maximum Gasteiger partial charge on any atom is 0.0700 e. The SMILES string of the molecule is C/C=C/C(C#N)C1C2CC3CC(C2)CC1C3. The molecule has 4 rings (SSSR count). The maximum absolute atomic E-state index is 9.34. The fourth-order valence-corrected chi connectivity index (χ4v) is 5.02.